The lowest BCUT2D eigenvalue weighted by molar-refractivity contribution is -0.0626. The van der Waals surface area contributed by atoms with Gasteiger partial charge in [0.25, 0.3) is 17.4 Å². The van der Waals surface area contributed by atoms with Gasteiger partial charge in [-0.25, -0.2) is 4.79 Å². The Kier molecular flexibility index (Phi) is 7.60. The standard InChI is InChI=1S/C24H29N3O8/c1-14-12-27(24(33)25-20(14)30)23-18(29)19(17(13-28)35-23)34-11-7-3-2-6-10-26-21(31)15-8-4-5-9-16(15)22(26)32/h4-5,8-9,12,17-19,23,28-29H,2-3,6-7,10-11,13H2,1H3,(H,25,30,33)/t17-,18?,19?,23-/m1/s1. The summed E-state index contributed by atoms with van der Waals surface area (Å²) >= 11 is 0. The van der Waals surface area contributed by atoms with Gasteiger partial charge in [-0.15, -0.1) is 0 Å². The van der Waals surface area contributed by atoms with E-state index >= 15 is 0 Å². The van der Waals surface area contributed by atoms with Gasteiger partial charge < -0.3 is 19.7 Å². The van der Waals surface area contributed by atoms with E-state index < -0.39 is 42.4 Å². The van der Waals surface area contributed by atoms with Gasteiger partial charge in [0, 0.05) is 24.9 Å². The molecule has 11 nitrogen and oxygen atoms in total. The molecule has 2 amide bonds. The Hall–Kier alpha value is -3.12. The summed E-state index contributed by atoms with van der Waals surface area (Å²) in [7, 11) is 0. The second kappa shape index (κ2) is 10.6. The van der Waals surface area contributed by atoms with Crippen LogP contribution in [0.5, 0.6) is 0 Å². The summed E-state index contributed by atoms with van der Waals surface area (Å²) in [6.07, 6.45) is 0.189. The minimum atomic E-state index is -1.22. The average molecular weight is 488 g/mol. The van der Waals surface area contributed by atoms with Crippen molar-refractivity contribution in [3.63, 3.8) is 0 Å². The number of unbranched alkanes of at least 4 members (excludes halogenated alkanes) is 3. The van der Waals surface area contributed by atoms with Crippen LogP contribution < -0.4 is 11.2 Å². The summed E-state index contributed by atoms with van der Waals surface area (Å²) in [5, 5.41) is 20.3. The molecule has 3 heterocycles. The van der Waals surface area contributed by atoms with Gasteiger partial charge in [-0.3, -0.25) is 28.8 Å². The topological polar surface area (TPSA) is 151 Å². The summed E-state index contributed by atoms with van der Waals surface area (Å²) < 4.78 is 12.5. The smallest absolute Gasteiger partial charge is 0.330 e. The number of ether oxygens (including phenoxy) is 2. The lowest BCUT2D eigenvalue weighted by atomic mass is 10.1. The number of H-pyrrole nitrogens is 1. The minimum absolute atomic E-state index is 0.259. The normalized spacial score (nSPS) is 23.8. The predicted octanol–water partition coefficient (Wildman–Crippen LogP) is 0.337. The van der Waals surface area contributed by atoms with E-state index in [0.29, 0.717) is 37.1 Å². The van der Waals surface area contributed by atoms with Crippen LogP contribution >= 0.6 is 0 Å². The van der Waals surface area contributed by atoms with Crippen LogP contribution in [-0.4, -0.2) is 74.5 Å². The minimum Gasteiger partial charge on any atom is -0.394 e. The third kappa shape index (κ3) is 4.98. The zero-order chi connectivity index (χ0) is 25.1. The third-order valence-electron chi connectivity index (χ3n) is 6.37. The van der Waals surface area contributed by atoms with Gasteiger partial charge in [0.15, 0.2) is 6.23 Å². The van der Waals surface area contributed by atoms with Crippen LogP contribution in [0, 0.1) is 6.92 Å². The number of aliphatic hydroxyl groups excluding tert-OH is 2. The summed E-state index contributed by atoms with van der Waals surface area (Å²) in [4.78, 5) is 52.0. The van der Waals surface area contributed by atoms with Crippen LogP contribution in [0.1, 0.15) is 58.2 Å². The van der Waals surface area contributed by atoms with E-state index in [9.17, 15) is 29.4 Å². The van der Waals surface area contributed by atoms with Gasteiger partial charge in [0.05, 0.1) is 17.7 Å². The molecule has 2 unspecified atom stereocenters. The molecule has 1 fully saturated rings. The average Bonchev–Trinajstić information content (AvgIpc) is 3.29. The number of benzene rings is 1. The number of aromatic nitrogens is 2. The molecule has 188 valence electrons. The Morgan fingerprint density at radius 1 is 1.03 bits per heavy atom. The molecule has 3 N–H and O–H groups in total. The number of nitrogens with one attached hydrogen (secondary N) is 1. The fraction of sp³-hybridized carbons (Fsp3) is 0.500. The van der Waals surface area contributed by atoms with Crippen LogP contribution in [0.15, 0.2) is 40.1 Å². The molecule has 0 saturated carbocycles. The van der Waals surface area contributed by atoms with Crippen LogP contribution in [-0.2, 0) is 9.47 Å². The highest BCUT2D eigenvalue weighted by Crippen LogP contribution is 2.30. The molecule has 4 rings (SSSR count). The van der Waals surface area contributed by atoms with E-state index in [1.165, 1.54) is 18.0 Å². The van der Waals surface area contributed by atoms with Crippen LogP contribution in [0.3, 0.4) is 0 Å². The molecule has 35 heavy (non-hydrogen) atoms. The first-order valence-electron chi connectivity index (χ1n) is 11.7. The van der Waals surface area contributed by atoms with E-state index in [1.807, 2.05) is 0 Å². The quantitative estimate of drug-likeness (QED) is 0.321. The maximum atomic E-state index is 12.4. The monoisotopic (exact) mass is 487 g/mol. The molecule has 1 aromatic heterocycles. The predicted molar refractivity (Wildman–Crippen MR) is 123 cm³/mol. The number of aliphatic hydroxyl groups is 2. The summed E-state index contributed by atoms with van der Waals surface area (Å²) in [6.45, 7) is 1.77. The number of imide groups is 1. The molecule has 0 bridgehead atoms. The summed E-state index contributed by atoms with van der Waals surface area (Å²) in [5.41, 5.74) is -0.0710. The first-order valence-corrected chi connectivity index (χ1v) is 11.7. The first kappa shape index (κ1) is 25.0. The second-order valence-corrected chi connectivity index (χ2v) is 8.77. The number of aryl methyl sites for hydroxylation is 1. The molecule has 2 aromatic rings. The number of amides is 2. The molecule has 2 aliphatic rings. The molecule has 0 radical (unpaired) electrons. The van der Waals surface area contributed by atoms with E-state index in [0.717, 1.165) is 17.4 Å². The van der Waals surface area contributed by atoms with Crippen molar-refractivity contribution in [3.8, 4) is 0 Å². The van der Waals surface area contributed by atoms with Crippen molar-refractivity contribution in [2.75, 3.05) is 19.8 Å². The Bertz CT molecular complexity index is 1170. The molecule has 1 saturated heterocycles. The van der Waals surface area contributed by atoms with Gasteiger partial charge in [-0.1, -0.05) is 25.0 Å². The fourth-order valence-corrected chi connectivity index (χ4v) is 4.46. The maximum absolute atomic E-state index is 12.4. The van der Waals surface area contributed by atoms with Crippen LogP contribution in [0.4, 0.5) is 0 Å². The maximum Gasteiger partial charge on any atom is 0.330 e. The van der Waals surface area contributed by atoms with Crippen LogP contribution in [0.2, 0.25) is 0 Å². The fourth-order valence-electron chi connectivity index (χ4n) is 4.46. The van der Waals surface area contributed by atoms with E-state index in [-0.39, 0.29) is 17.4 Å². The number of rotatable bonds is 10. The second-order valence-electron chi connectivity index (χ2n) is 8.77. The van der Waals surface area contributed by atoms with Crippen molar-refractivity contribution in [3.05, 3.63) is 68.0 Å². The Balaban J connectivity index is 1.22. The third-order valence-corrected chi connectivity index (χ3v) is 6.37. The molecule has 0 aliphatic carbocycles. The number of hydrogen-bond donors (Lipinski definition) is 3. The Morgan fingerprint density at radius 2 is 1.69 bits per heavy atom. The molecule has 4 atom stereocenters. The van der Waals surface area contributed by atoms with Crippen molar-refractivity contribution >= 4 is 11.8 Å². The number of aromatic amines is 1. The molecular formula is C24H29N3O8. The molecule has 0 spiro atoms. The zero-order valence-electron chi connectivity index (χ0n) is 19.4. The molecular weight excluding hydrogens is 458 g/mol. The van der Waals surface area contributed by atoms with Gasteiger partial charge >= 0.3 is 5.69 Å². The van der Waals surface area contributed by atoms with Gasteiger partial charge in [-0.05, 0) is 31.9 Å². The Morgan fingerprint density at radius 3 is 2.34 bits per heavy atom. The lowest BCUT2D eigenvalue weighted by Gasteiger charge is -2.20. The van der Waals surface area contributed by atoms with E-state index in [2.05, 4.69) is 4.98 Å². The van der Waals surface area contributed by atoms with Gasteiger partial charge in [0.2, 0.25) is 0 Å². The highest BCUT2D eigenvalue weighted by atomic mass is 16.6. The van der Waals surface area contributed by atoms with E-state index in [4.69, 9.17) is 9.47 Å². The molecule has 1 aromatic carbocycles. The van der Waals surface area contributed by atoms with Crippen molar-refractivity contribution in [2.24, 2.45) is 0 Å². The van der Waals surface area contributed by atoms with Crippen LogP contribution in [0.25, 0.3) is 0 Å². The molecule has 2 aliphatic heterocycles. The number of nitrogens with zero attached hydrogens (tertiary/aromatic N) is 2. The zero-order valence-corrected chi connectivity index (χ0v) is 19.4. The Labute approximate surface area is 200 Å². The van der Waals surface area contributed by atoms with Crippen molar-refractivity contribution in [1.29, 1.82) is 0 Å². The number of carbonyl (C=O) groups excluding carboxylic acids is 2. The first-order chi connectivity index (χ1) is 16.8. The van der Waals surface area contributed by atoms with Crippen molar-refractivity contribution in [1.82, 2.24) is 14.5 Å². The number of fused-ring (bicyclic) bond motifs is 1. The largest absolute Gasteiger partial charge is 0.394 e. The summed E-state index contributed by atoms with van der Waals surface area (Å²) in [5.74, 6) is -0.518. The SMILES string of the molecule is Cc1cn([C@@H]2O[C@H](CO)C(OCCCCCCN3C(=O)c4ccccc4C3=O)C2O)c(=O)[nH]c1=O. The highest BCUT2D eigenvalue weighted by molar-refractivity contribution is 6.21. The highest BCUT2D eigenvalue weighted by Gasteiger charge is 2.45. The van der Waals surface area contributed by atoms with E-state index in [1.54, 1.807) is 24.3 Å². The number of hydrogen-bond acceptors (Lipinski definition) is 8. The number of carbonyl (C=O) groups is 2. The molecule has 11 heteroatoms. The van der Waals surface area contributed by atoms with Gasteiger partial charge in [0.1, 0.15) is 18.3 Å². The van der Waals surface area contributed by atoms with Gasteiger partial charge in [-0.2, -0.15) is 0 Å². The van der Waals surface area contributed by atoms with Crippen molar-refractivity contribution < 1.29 is 29.3 Å². The lowest BCUT2D eigenvalue weighted by Crippen LogP contribution is -2.39. The van der Waals surface area contributed by atoms with Crippen molar-refractivity contribution in [2.45, 2.75) is 57.1 Å². The summed E-state index contributed by atoms with van der Waals surface area (Å²) in [6, 6.07) is 6.80.